The van der Waals surface area contributed by atoms with Crippen LogP contribution in [-0.4, -0.2) is 37.6 Å². The molecule has 0 saturated carbocycles. The highest BCUT2D eigenvalue weighted by atomic mass is 32.2. The fourth-order valence-electron chi connectivity index (χ4n) is 3.46. The van der Waals surface area contributed by atoms with Gasteiger partial charge in [-0.05, 0) is 61.2 Å². The van der Waals surface area contributed by atoms with Crippen molar-refractivity contribution >= 4 is 27.5 Å². The van der Waals surface area contributed by atoms with Gasteiger partial charge in [-0.3, -0.25) is 9.59 Å². The van der Waals surface area contributed by atoms with Gasteiger partial charge in [-0.15, -0.1) is 0 Å². The summed E-state index contributed by atoms with van der Waals surface area (Å²) in [6, 6.07) is 13.1. The quantitative estimate of drug-likeness (QED) is 0.705. The molecule has 1 aliphatic rings. The molecule has 3 rings (SSSR count). The van der Waals surface area contributed by atoms with Crippen LogP contribution in [0.2, 0.25) is 0 Å². The summed E-state index contributed by atoms with van der Waals surface area (Å²) in [4.78, 5) is 23.5. The minimum Gasteiger partial charge on any atom is -0.366 e. The Morgan fingerprint density at radius 1 is 0.900 bits per heavy atom. The van der Waals surface area contributed by atoms with E-state index in [4.69, 9.17) is 5.73 Å². The number of benzene rings is 2. The predicted molar refractivity (Wildman–Crippen MR) is 116 cm³/mol. The van der Waals surface area contributed by atoms with Crippen molar-refractivity contribution in [1.29, 1.82) is 0 Å². The molecule has 0 atom stereocenters. The van der Waals surface area contributed by atoms with E-state index in [-0.39, 0.29) is 12.3 Å². The molecule has 0 aromatic heterocycles. The maximum Gasteiger partial charge on any atom is 0.248 e. The monoisotopic (exact) mass is 429 g/mol. The molecule has 0 aliphatic carbocycles. The van der Waals surface area contributed by atoms with Crippen LogP contribution in [0, 0.1) is 0 Å². The van der Waals surface area contributed by atoms with Crippen LogP contribution in [0.25, 0.3) is 0 Å². The molecular weight excluding hydrogens is 402 g/mol. The topological polar surface area (TPSA) is 110 Å². The van der Waals surface area contributed by atoms with Crippen LogP contribution < -0.4 is 11.1 Å². The number of sulfonamides is 1. The summed E-state index contributed by atoms with van der Waals surface area (Å²) >= 11 is 0. The van der Waals surface area contributed by atoms with E-state index in [0.29, 0.717) is 35.7 Å². The Bertz CT molecular complexity index is 978. The number of hydrogen-bond acceptors (Lipinski definition) is 4. The number of primary amides is 1. The van der Waals surface area contributed by atoms with Crippen molar-refractivity contribution in [2.45, 2.75) is 43.4 Å². The molecule has 7 nitrogen and oxygen atoms in total. The number of nitrogens with two attached hydrogens (primary N) is 1. The lowest BCUT2D eigenvalue weighted by Crippen LogP contribution is -2.31. The SMILES string of the molecule is NC(=O)c1ccc(NC(=O)CCc2ccc(S(=O)(=O)N3CCCCCC3)cc2)cc1. The van der Waals surface area contributed by atoms with Crippen LogP contribution in [0.5, 0.6) is 0 Å². The summed E-state index contributed by atoms with van der Waals surface area (Å²) in [7, 11) is -3.46. The second kappa shape index (κ2) is 9.86. The van der Waals surface area contributed by atoms with E-state index in [9.17, 15) is 18.0 Å². The molecule has 30 heavy (non-hydrogen) atoms. The molecule has 2 aromatic carbocycles. The zero-order valence-corrected chi connectivity index (χ0v) is 17.7. The number of aryl methyl sites for hydroxylation is 1. The molecule has 0 bridgehead atoms. The number of nitrogens with one attached hydrogen (secondary N) is 1. The van der Waals surface area contributed by atoms with E-state index in [1.807, 2.05) is 0 Å². The van der Waals surface area contributed by atoms with Gasteiger partial charge in [0.15, 0.2) is 0 Å². The number of rotatable bonds is 7. The van der Waals surface area contributed by atoms with Gasteiger partial charge in [0.2, 0.25) is 21.8 Å². The maximum absolute atomic E-state index is 12.8. The molecule has 1 aliphatic heterocycles. The fourth-order valence-corrected chi connectivity index (χ4v) is 4.98. The van der Waals surface area contributed by atoms with Crippen LogP contribution >= 0.6 is 0 Å². The van der Waals surface area contributed by atoms with Gasteiger partial charge in [0.25, 0.3) is 0 Å². The summed E-state index contributed by atoms with van der Waals surface area (Å²) < 4.78 is 27.2. The highest BCUT2D eigenvalue weighted by molar-refractivity contribution is 7.89. The van der Waals surface area contributed by atoms with Gasteiger partial charge in [0.1, 0.15) is 0 Å². The standard InChI is InChI=1S/C22H27N3O4S/c23-22(27)18-8-10-19(11-9-18)24-21(26)14-7-17-5-12-20(13-6-17)30(28,29)25-15-3-1-2-4-16-25/h5-6,8-13H,1-4,7,14-16H2,(H2,23,27)(H,24,26). The van der Waals surface area contributed by atoms with E-state index in [0.717, 1.165) is 31.2 Å². The molecular formula is C22H27N3O4S. The Morgan fingerprint density at radius 3 is 2.07 bits per heavy atom. The van der Waals surface area contributed by atoms with Crippen molar-refractivity contribution in [2.24, 2.45) is 5.73 Å². The summed E-state index contributed by atoms with van der Waals surface area (Å²) in [6.45, 7) is 1.15. The van der Waals surface area contributed by atoms with Crippen LogP contribution in [-0.2, 0) is 21.2 Å². The second-order valence-corrected chi connectivity index (χ2v) is 9.39. The summed E-state index contributed by atoms with van der Waals surface area (Å²) in [6.07, 6.45) is 4.70. The van der Waals surface area contributed by atoms with E-state index in [2.05, 4.69) is 5.32 Å². The van der Waals surface area contributed by atoms with Crippen LogP contribution in [0.15, 0.2) is 53.4 Å². The molecule has 2 amide bonds. The van der Waals surface area contributed by atoms with Crippen LogP contribution in [0.4, 0.5) is 5.69 Å². The van der Waals surface area contributed by atoms with Gasteiger partial charge in [0.05, 0.1) is 4.90 Å². The zero-order valence-electron chi connectivity index (χ0n) is 16.8. The van der Waals surface area contributed by atoms with Crippen molar-refractivity contribution in [2.75, 3.05) is 18.4 Å². The normalized spacial score (nSPS) is 15.3. The number of amides is 2. The molecule has 8 heteroatoms. The third-order valence-corrected chi connectivity index (χ3v) is 7.13. The van der Waals surface area contributed by atoms with Gasteiger partial charge in [-0.2, -0.15) is 4.31 Å². The zero-order chi connectivity index (χ0) is 21.6. The third kappa shape index (κ3) is 5.67. The van der Waals surface area contributed by atoms with Crippen molar-refractivity contribution < 1.29 is 18.0 Å². The van der Waals surface area contributed by atoms with Crippen molar-refractivity contribution in [1.82, 2.24) is 4.31 Å². The smallest absolute Gasteiger partial charge is 0.248 e. The number of anilines is 1. The summed E-state index contributed by atoms with van der Waals surface area (Å²) in [5.74, 6) is -0.683. The first kappa shape index (κ1) is 22.0. The lowest BCUT2D eigenvalue weighted by Gasteiger charge is -2.20. The average molecular weight is 430 g/mol. The van der Waals surface area contributed by atoms with E-state index in [1.54, 1.807) is 52.8 Å². The molecule has 160 valence electrons. The first-order valence-corrected chi connectivity index (χ1v) is 11.6. The average Bonchev–Trinajstić information content (AvgIpc) is 3.03. The Balaban J connectivity index is 1.55. The van der Waals surface area contributed by atoms with Crippen molar-refractivity contribution in [3.8, 4) is 0 Å². The highest BCUT2D eigenvalue weighted by Crippen LogP contribution is 2.21. The maximum atomic E-state index is 12.8. The van der Waals surface area contributed by atoms with Crippen molar-refractivity contribution in [3.05, 3.63) is 59.7 Å². The molecule has 0 radical (unpaired) electrons. The molecule has 2 aromatic rings. The first-order valence-electron chi connectivity index (χ1n) is 10.1. The van der Waals surface area contributed by atoms with Crippen LogP contribution in [0.3, 0.4) is 0 Å². The second-order valence-electron chi connectivity index (χ2n) is 7.45. The Morgan fingerprint density at radius 2 is 1.50 bits per heavy atom. The largest absolute Gasteiger partial charge is 0.366 e. The molecule has 0 spiro atoms. The van der Waals surface area contributed by atoms with Gasteiger partial charge in [-0.1, -0.05) is 25.0 Å². The van der Waals surface area contributed by atoms with E-state index < -0.39 is 15.9 Å². The first-order chi connectivity index (χ1) is 14.4. The van der Waals surface area contributed by atoms with E-state index >= 15 is 0 Å². The lowest BCUT2D eigenvalue weighted by molar-refractivity contribution is -0.116. The van der Waals surface area contributed by atoms with Crippen molar-refractivity contribution in [3.63, 3.8) is 0 Å². The Hall–Kier alpha value is -2.71. The minimum atomic E-state index is -3.46. The third-order valence-electron chi connectivity index (χ3n) is 5.22. The summed E-state index contributed by atoms with van der Waals surface area (Å²) in [5.41, 5.74) is 7.05. The Kier molecular flexibility index (Phi) is 7.23. The number of carbonyl (C=O) groups is 2. The molecule has 1 saturated heterocycles. The van der Waals surface area contributed by atoms with E-state index in [1.165, 1.54) is 0 Å². The molecule has 1 heterocycles. The summed E-state index contributed by atoms with van der Waals surface area (Å²) in [5, 5.41) is 2.77. The van der Waals surface area contributed by atoms with Crippen LogP contribution in [0.1, 0.15) is 48.0 Å². The predicted octanol–water partition coefficient (Wildman–Crippen LogP) is 2.92. The minimum absolute atomic E-state index is 0.164. The number of carbonyl (C=O) groups excluding carboxylic acids is 2. The molecule has 1 fully saturated rings. The van der Waals surface area contributed by atoms with Gasteiger partial charge in [-0.25, -0.2) is 8.42 Å². The Labute approximate surface area is 177 Å². The number of hydrogen-bond donors (Lipinski definition) is 2. The lowest BCUT2D eigenvalue weighted by atomic mass is 10.1. The highest BCUT2D eigenvalue weighted by Gasteiger charge is 2.24. The fraction of sp³-hybridized carbons (Fsp3) is 0.364. The number of nitrogens with zero attached hydrogens (tertiary/aromatic N) is 1. The molecule has 3 N–H and O–H groups in total. The van der Waals surface area contributed by atoms with Gasteiger partial charge < -0.3 is 11.1 Å². The van der Waals surface area contributed by atoms with Gasteiger partial charge >= 0.3 is 0 Å². The van der Waals surface area contributed by atoms with Gasteiger partial charge in [0, 0.05) is 30.8 Å². The molecule has 0 unspecified atom stereocenters.